The summed E-state index contributed by atoms with van der Waals surface area (Å²) in [4.78, 5) is 0. The first kappa shape index (κ1) is 8.86. The summed E-state index contributed by atoms with van der Waals surface area (Å²) in [5.41, 5.74) is 0. The Kier molecular flexibility index (Phi) is 6.92. The van der Waals surface area contributed by atoms with E-state index in [0.29, 0.717) is 0 Å². The maximum Gasteiger partial charge on any atom is 0.631 e. The molecule has 4 nitrogen and oxygen atoms in total. The summed E-state index contributed by atoms with van der Waals surface area (Å²) in [5.74, 6) is 0. The van der Waals surface area contributed by atoms with Crippen LogP contribution in [0.5, 0.6) is 0 Å². The lowest BCUT2D eigenvalue weighted by atomic mass is 10.3. The third-order valence-electron chi connectivity index (χ3n) is 0. The summed E-state index contributed by atoms with van der Waals surface area (Å²) in [7, 11) is -2.17. The second-order valence-electron chi connectivity index (χ2n) is 0.346. The van der Waals surface area contributed by atoms with Gasteiger partial charge in [-0.1, -0.05) is 0 Å². The quantitative estimate of drug-likeness (QED) is 0.263. The first-order chi connectivity index (χ1) is 1.73. The molecular formula is H8BNO3. The van der Waals surface area contributed by atoms with E-state index in [1.807, 2.05) is 0 Å². The molecule has 0 amide bonds. The molecule has 0 aromatic carbocycles. The molecule has 0 aromatic heterocycles. The van der Waals surface area contributed by atoms with E-state index >= 15 is 0 Å². The number of rotatable bonds is 0. The van der Waals surface area contributed by atoms with E-state index in [-0.39, 0.29) is 7.58 Å². The van der Waals surface area contributed by atoms with Crippen LogP contribution in [0.2, 0.25) is 0 Å². The number of hydrogen-bond donors (Lipinski definition) is 4. The van der Waals surface area contributed by atoms with E-state index in [1.165, 1.54) is 0 Å². The van der Waals surface area contributed by atoms with Crippen molar-refractivity contribution in [3.05, 3.63) is 0 Å². The van der Waals surface area contributed by atoms with Crippen molar-refractivity contribution in [3.8, 4) is 0 Å². The number of hydrogen-bond acceptors (Lipinski definition) is 4. The van der Waals surface area contributed by atoms with Crippen LogP contribution in [0.3, 0.4) is 0 Å². The highest BCUT2D eigenvalue weighted by atomic mass is 16.5. The Balaban J connectivity index is -0.0000000450. The molecule has 0 saturated heterocycles. The molecule has 0 radical (unpaired) electrons. The molecule has 0 fully saturated rings. The van der Waals surface area contributed by atoms with Gasteiger partial charge in [0.25, 0.3) is 0 Å². The van der Waals surface area contributed by atoms with Crippen molar-refractivity contribution in [2.75, 3.05) is 0 Å². The Labute approximate surface area is 31.3 Å². The summed E-state index contributed by atoms with van der Waals surface area (Å²) < 4.78 is 0. The first-order valence-corrected chi connectivity index (χ1v) is 0.775. The van der Waals surface area contributed by atoms with Gasteiger partial charge in [-0.2, -0.15) is 0 Å². The molecule has 34 valence electrons. The summed E-state index contributed by atoms with van der Waals surface area (Å²) in [6, 6.07) is 0. The molecule has 0 aromatic rings. The predicted octanol–water partition coefficient (Wildman–Crippen LogP) is -1.64. The third kappa shape index (κ3) is 1570. The van der Waals surface area contributed by atoms with E-state index in [4.69, 9.17) is 15.1 Å². The lowest BCUT2D eigenvalue weighted by Crippen LogP contribution is -2.07. The van der Waals surface area contributed by atoms with Crippen molar-refractivity contribution in [1.82, 2.24) is 6.15 Å². The molecule has 0 atom stereocenters. The summed E-state index contributed by atoms with van der Waals surface area (Å²) >= 11 is 0. The smallest absolute Gasteiger partial charge is 0.402 e. The van der Waals surface area contributed by atoms with E-state index in [1.54, 1.807) is 0 Å². The lowest BCUT2D eigenvalue weighted by Gasteiger charge is -1.69. The van der Waals surface area contributed by atoms with Crippen LogP contribution in [0.25, 0.3) is 0 Å². The third-order valence-corrected chi connectivity index (χ3v) is 0. The van der Waals surface area contributed by atoms with Crippen LogP contribution >= 0.6 is 0 Å². The van der Waals surface area contributed by atoms with Gasteiger partial charge >= 0.3 is 7.32 Å². The van der Waals surface area contributed by atoms with E-state index < -0.39 is 7.32 Å². The Morgan fingerprint density at radius 2 is 1.20 bits per heavy atom. The minimum Gasteiger partial charge on any atom is -0.402 e. The summed E-state index contributed by atoms with van der Waals surface area (Å²) in [6.45, 7) is 0. The summed E-state index contributed by atoms with van der Waals surface area (Å²) in [5, 5.41) is 21.5. The lowest BCUT2D eigenvalue weighted by molar-refractivity contribution is 0.278. The van der Waals surface area contributed by atoms with Crippen molar-refractivity contribution in [3.63, 3.8) is 0 Å². The minimum atomic E-state index is -2.17. The zero-order valence-electron chi connectivity index (χ0n) is 2.63. The van der Waals surface area contributed by atoms with Crippen LogP contribution in [0.15, 0.2) is 0 Å². The molecule has 0 aliphatic rings. The molecule has 5 heteroatoms. The van der Waals surface area contributed by atoms with Gasteiger partial charge in [0.2, 0.25) is 0 Å². The zero-order chi connectivity index (χ0) is 3.58. The fourth-order valence-electron chi connectivity index (χ4n) is 0. The Bertz CT molecular complexity index is 15.5. The van der Waals surface area contributed by atoms with Crippen LogP contribution in [-0.4, -0.2) is 22.4 Å². The average Bonchev–Trinajstić information content (AvgIpc) is 0.811. The van der Waals surface area contributed by atoms with Crippen LogP contribution in [0.1, 0.15) is 1.43 Å². The second kappa shape index (κ2) is 3.90. The van der Waals surface area contributed by atoms with Gasteiger partial charge in [0, 0.05) is 1.43 Å². The van der Waals surface area contributed by atoms with Crippen LogP contribution in [0, 0.1) is 0 Å². The Hall–Kier alpha value is -0.0951. The van der Waals surface area contributed by atoms with Gasteiger partial charge in [0.05, 0.1) is 0 Å². The van der Waals surface area contributed by atoms with Gasteiger partial charge in [0.1, 0.15) is 0 Å². The standard InChI is InChI=1S/BH3O3.H3N.H2/c2-1(3)4;;/h2-4H;1H3;1H. The fraction of sp³-hybridized carbons (Fsp3) is 0. The molecule has 0 rings (SSSR count). The molecule has 0 aliphatic carbocycles. The molecular weight excluding hydrogens is 72.8 g/mol. The zero-order valence-corrected chi connectivity index (χ0v) is 2.63. The van der Waals surface area contributed by atoms with Crippen LogP contribution < -0.4 is 6.15 Å². The van der Waals surface area contributed by atoms with Crippen molar-refractivity contribution < 1.29 is 16.5 Å². The molecule has 0 saturated carbocycles. The van der Waals surface area contributed by atoms with Crippen LogP contribution in [-0.2, 0) is 0 Å². The maximum atomic E-state index is 7.17. The first-order valence-electron chi connectivity index (χ1n) is 0.775. The maximum absolute atomic E-state index is 7.17. The van der Waals surface area contributed by atoms with E-state index in [9.17, 15) is 0 Å². The normalized spacial score (nSPS) is 5.40. The highest BCUT2D eigenvalue weighted by molar-refractivity contribution is 6.30. The van der Waals surface area contributed by atoms with Crippen molar-refractivity contribution in [2.45, 2.75) is 0 Å². The highest BCUT2D eigenvalue weighted by Gasteiger charge is 1.92. The van der Waals surface area contributed by atoms with Crippen molar-refractivity contribution in [2.24, 2.45) is 0 Å². The van der Waals surface area contributed by atoms with Gasteiger partial charge < -0.3 is 21.2 Å². The molecule has 0 bridgehead atoms. The van der Waals surface area contributed by atoms with E-state index in [0.717, 1.165) is 0 Å². The molecule has 6 N–H and O–H groups in total. The molecule has 0 unspecified atom stereocenters. The predicted molar refractivity (Wildman–Crippen MR) is 19.5 cm³/mol. The van der Waals surface area contributed by atoms with Gasteiger partial charge in [0.15, 0.2) is 0 Å². The van der Waals surface area contributed by atoms with Gasteiger partial charge in [-0.05, 0) is 0 Å². The monoisotopic (exact) mass is 81.1 g/mol. The minimum absolute atomic E-state index is 0. The highest BCUT2D eigenvalue weighted by Crippen LogP contribution is 1.40. The molecule has 0 heterocycles. The second-order valence-corrected chi connectivity index (χ2v) is 0.346. The topological polar surface area (TPSA) is 95.7 Å². The Morgan fingerprint density at radius 3 is 1.20 bits per heavy atom. The average molecular weight is 80.9 g/mol. The van der Waals surface area contributed by atoms with Crippen LogP contribution in [0.4, 0.5) is 0 Å². The summed E-state index contributed by atoms with van der Waals surface area (Å²) in [6.07, 6.45) is 0. The van der Waals surface area contributed by atoms with Gasteiger partial charge in [-0.3, -0.25) is 0 Å². The van der Waals surface area contributed by atoms with Gasteiger partial charge in [-0.25, -0.2) is 0 Å². The molecule has 0 spiro atoms. The van der Waals surface area contributed by atoms with Crippen molar-refractivity contribution in [1.29, 1.82) is 0 Å². The van der Waals surface area contributed by atoms with E-state index in [2.05, 4.69) is 0 Å². The van der Waals surface area contributed by atoms with Crippen molar-refractivity contribution >= 4 is 7.32 Å². The molecule has 0 aliphatic heterocycles. The largest absolute Gasteiger partial charge is 0.631 e. The van der Waals surface area contributed by atoms with Gasteiger partial charge in [-0.15, -0.1) is 0 Å². The Morgan fingerprint density at radius 1 is 1.20 bits per heavy atom. The molecule has 5 heavy (non-hydrogen) atoms. The SMILES string of the molecule is N.OB(O)O.[HH]. The fourth-order valence-corrected chi connectivity index (χ4v) is 0.